The van der Waals surface area contributed by atoms with Crippen LogP contribution in [0.2, 0.25) is 0 Å². The first-order valence-electron chi connectivity index (χ1n) is 7.41. The van der Waals surface area contributed by atoms with Crippen molar-refractivity contribution in [2.75, 3.05) is 14.2 Å². The lowest BCUT2D eigenvalue weighted by molar-refractivity contribution is 0.399. The number of aliphatic hydroxyl groups excluding tert-OH is 2. The van der Waals surface area contributed by atoms with E-state index in [-0.39, 0.29) is 0 Å². The molecule has 0 atom stereocenters. The fourth-order valence-electron chi connectivity index (χ4n) is 1.21. The van der Waals surface area contributed by atoms with E-state index in [1.54, 1.807) is 0 Å². The normalized spacial score (nSPS) is 7.58. The summed E-state index contributed by atoms with van der Waals surface area (Å²) in [4.78, 5) is 0. The predicted molar refractivity (Wildman–Crippen MR) is 88.6 cm³/mol. The van der Waals surface area contributed by atoms with Crippen molar-refractivity contribution < 1.29 is 10.2 Å². The smallest absolute Gasteiger partial charge is 0.0319 e. The van der Waals surface area contributed by atoms with Gasteiger partial charge >= 0.3 is 0 Å². The predicted octanol–water partition coefficient (Wildman–Crippen LogP) is 5.10. The molecule has 0 aromatic rings. The Morgan fingerprint density at radius 1 is 0.737 bits per heavy atom. The summed E-state index contributed by atoms with van der Waals surface area (Å²) in [5, 5.41) is 14.0. The molecule has 0 radical (unpaired) electrons. The van der Waals surface area contributed by atoms with Crippen LogP contribution in [0.4, 0.5) is 0 Å². The maximum atomic E-state index is 7.00. The summed E-state index contributed by atoms with van der Waals surface area (Å²) in [7, 11) is 2.00. The molecule has 0 aromatic carbocycles. The maximum absolute atomic E-state index is 7.00. The molecule has 0 saturated heterocycles. The van der Waals surface area contributed by atoms with E-state index in [9.17, 15) is 0 Å². The van der Waals surface area contributed by atoms with Gasteiger partial charge in [-0.1, -0.05) is 71.8 Å². The van der Waals surface area contributed by atoms with Crippen LogP contribution < -0.4 is 0 Å². The highest BCUT2D eigenvalue weighted by Crippen LogP contribution is 2.07. The maximum Gasteiger partial charge on any atom is 0.0319 e. The molecule has 2 heteroatoms. The van der Waals surface area contributed by atoms with Crippen molar-refractivity contribution in [3.63, 3.8) is 0 Å². The molecule has 0 aliphatic rings. The van der Waals surface area contributed by atoms with E-state index >= 15 is 0 Å². The minimum absolute atomic E-state index is 1.00. The van der Waals surface area contributed by atoms with Crippen LogP contribution in [0.3, 0.4) is 0 Å². The molecule has 0 rings (SSSR count). The highest BCUT2D eigenvalue weighted by Gasteiger charge is 1.87. The summed E-state index contributed by atoms with van der Waals surface area (Å²) in [6, 6.07) is 0. The molecule has 2 nitrogen and oxygen atoms in total. The fraction of sp³-hybridized carbons (Fsp3) is 0.824. The molecule has 0 aliphatic carbocycles. The van der Waals surface area contributed by atoms with Gasteiger partial charge in [0.25, 0.3) is 0 Å². The second-order valence-electron chi connectivity index (χ2n) is 4.30. The molecule has 118 valence electrons. The third-order valence-electron chi connectivity index (χ3n) is 2.31. The van der Waals surface area contributed by atoms with Crippen molar-refractivity contribution >= 4 is 0 Å². The standard InChI is InChI=1S/C10H22.C5H8.2CH4O/c1-3-5-7-9-10-8-6-4-2;1-4-5(2)3;2*1-2/h3-10H2,1-2H3;1H2,2-3H3;2*2H,1H3. The summed E-state index contributed by atoms with van der Waals surface area (Å²) in [5.41, 5.74) is 3.84. The Balaban J connectivity index is -0.000000105. The van der Waals surface area contributed by atoms with Crippen molar-refractivity contribution in [2.45, 2.75) is 79.1 Å². The lowest BCUT2D eigenvalue weighted by Gasteiger charge is -1.97. The topological polar surface area (TPSA) is 40.5 Å². The van der Waals surface area contributed by atoms with E-state index in [4.69, 9.17) is 10.2 Å². The highest BCUT2D eigenvalue weighted by molar-refractivity contribution is 4.87. The van der Waals surface area contributed by atoms with Gasteiger partial charge in [-0.2, -0.15) is 0 Å². The van der Waals surface area contributed by atoms with E-state index in [0.29, 0.717) is 0 Å². The van der Waals surface area contributed by atoms with Crippen LogP contribution in [0.5, 0.6) is 0 Å². The Kier molecular flexibility index (Phi) is 51.0. The molecule has 0 unspecified atom stereocenters. The summed E-state index contributed by atoms with van der Waals surface area (Å²) in [5.74, 6) is 0. The molecule has 0 fully saturated rings. The average Bonchev–Trinajstić information content (AvgIpc) is 2.47. The van der Waals surface area contributed by atoms with Crippen molar-refractivity contribution in [1.29, 1.82) is 0 Å². The molecule has 0 saturated carbocycles. The number of rotatable bonds is 7. The third kappa shape index (κ3) is 58.4. The zero-order valence-electron chi connectivity index (χ0n) is 14.3. The second-order valence-corrected chi connectivity index (χ2v) is 4.30. The molecule has 2 N–H and O–H groups in total. The fourth-order valence-corrected chi connectivity index (χ4v) is 1.21. The molecule has 0 aliphatic heterocycles. The molecular formula is C17H38O2. The number of unbranched alkanes of at least 4 members (excludes halogenated alkanes) is 7. The SMILES string of the molecule is C=C=C(C)C.CCCCCCCCCC.CO.CO. The number of allylic oxidation sites excluding steroid dienone is 1. The monoisotopic (exact) mass is 274 g/mol. The van der Waals surface area contributed by atoms with Gasteiger partial charge in [-0.15, -0.1) is 5.73 Å². The summed E-state index contributed by atoms with van der Waals surface area (Å²) in [6.07, 6.45) is 11.5. The Hall–Kier alpha value is -0.560. The third-order valence-corrected chi connectivity index (χ3v) is 2.31. The minimum Gasteiger partial charge on any atom is -0.400 e. The lowest BCUT2D eigenvalue weighted by atomic mass is 10.1. The van der Waals surface area contributed by atoms with Crippen LogP contribution in [-0.2, 0) is 0 Å². The first kappa shape index (κ1) is 26.9. The van der Waals surface area contributed by atoms with Gasteiger partial charge < -0.3 is 10.2 Å². The molecule has 19 heavy (non-hydrogen) atoms. The second kappa shape index (κ2) is 36.0. The summed E-state index contributed by atoms with van der Waals surface area (Å²) >= 11 is 0. The van der Waals surface area contributed by atoms with Crippen molar-refractivity contribution in [1.82, 2.24) is 0 Å². The van der Waals surface area contributed by atoms with Crippen molar-refractivity contribution in [3.05, 3.63) is 17.9 Å². The molecule has 0 spiro atoms. The molecule has 0 aromatic heterocycles. The number of hydrogen-bond donors (Lipinski definition) is 2. The van der Waals surface area contributed by atoms with Crippen molar-refractivity contribution in [2.24, 2.45) is 0 Å². The summed E-state index contributed by atoms with van der Waals surface area (Å²) < 4.78 is 0. The first-order valence-corrected chi connectivity index (χ1v) is 7.41. The van der Waals surface area contributed by atoms with Crippen LogP contribution in [0.25, 0.3) is 0 Å². The van der Waals surface area contributed by atoms with Crippen LogP contribution in [-0.4, -0.2) is 24.4 Å². The van der Waals surface area contributed by atoms with Crippen LogP contribution in [0, 0.1) is 0 Å². The van der Waals surface area contributed by atoms with E-state index < -0.39 is 0 Å². The summed E-state index contributed by atoms with van der Waals surface area (Å²) in [6.45, 7) is 11.9. The zero-order chi connectivity index (χ0) is 15.9. The average molecular weight is 274 g/mol. The van der Waals surface area contributed by atoms with Gasteiger partial charge in [-0.3, -0.25) is 0 Å². The largest absolute Gasteiger partial charge is 0.400 e. The van der Waals surface area contributed by atoms with E-state index in [1.165, 1.54) is 51.4 Å². The highest BCUT2D eigenvalue weighted by atomic mass is 16.2. The minimum atomic E-state index is 1.00. The number of aliphatic hydroxyl groups is 2. The van der Waals surface area contributed by atoms with E-state index in [2.05, 4.69) is 26.2 Å². The van der Waals surface area contributed by atoms with Gasteiger partial charge in [0.2, 0.25) is 0 Å². The van der Waals surface area contributed by atoms with Gasteiger partial charge in [0, 0.05) is 14.2 Å². The van der Waals surface area contributed by atoms with E-state index in [1.807, 2.05) is 13.8 Å². The lowest BCUT2D eigenvalue weighted by Crippen LogP contribution is -1.77. The quantitative estimate of drug-likeness (QED) is 0.501. The molecule has 0 heterocycles. The Labute approximate surface area is 122 Å². The number of hydrogen-bond acceptors (Lipinski definition) is 2. The van der Waals surface area contributed by atoms with Crippen LogP contribution >= 0.6 is 0 Å². The zero-order valence-corrected chi connectivity index (χ0v) is 14.3. The van der Waals surface area contributed by atoms with Gasteiger partial charge in [-0.05, 0) is 19.4 Å². The Bertz CT molecular complexity index is 147. The Morgan fingerprint density at radius 2 is 0.947 bits per heavy atom. The van der Waals surface area contributed by atoms with Gasteiger partial charge in [0.15, 0.2) is 0 Å². The van der Waals surface area contributed by atoms with Gasteiger partial charge in [-0.25, -0.2) is 0 Å². The molecular weight excluding hydrogens is 236 g/mol. The molecule has 0 amide bonds. The van der Waals surface area contributed by atoms with Crippen LogP contribution in [0.1, 0.15) is 79.1 Å². The van der Waals surface area contributed by atoms with Gasteiger partial charge in [0.05, 0.1) is 0 Å². The van der Waals surface area contributed by atoms with E-state index in [0.717, 1.165) is 19.8 Å². The van der Waals surface area contributed by atoms with Gasteiger partial charge in [0.1, 0.15) is 0 Å². The Morgan fingerprint density at radius 3 is 1.11 bits per heavy atom. The molecule has 0 bridgehead atoms. The first-order chi connectivity index (χ1) is 9.18. The van der Waals surface area contributed by atoms with Crippen LogP contribution in [0.15, 0.2) is 17.9 Å². The van der Waals surface area contributed by atoms with Crippen molar-refractivity contribution in [3.8, 4) is 0 Å².